The predicted octanol–water partition coefficient (Wildman–Crippen LogP) is 2.79. The molecule has 4 rings (SSSR count). The van der Waals surface area contributed by atoms with Gasteiger partial charge in [0, 0.05) is 30.6 Å². The van der Waals surface area contributed by atoms with E-state index in [1.165, 1.54) is 11.3 Å². The van der Waals surface area contributed by atoms with E-state index < -0.39 is 0 Å². The standard InChI is InChI=1S/C21H24N4O/c26-17-21(18-4-2-1-3-5-18)9-14-24(15-10-21)16-20-8-13-23-25(20)19-6-11-22-12-7-19/h1-8,11-13,26H,9-10,14-17H2. The van der Waals surface area contributed by atoms with Crippen molar-refractivity contribution < 1.29 is 5.11 Å². The van der Waals surface area contributed by atoms with Gasteiger partial charge in [0.15, 0.2) is 0 Å². The smallest absolute Gasteiger partial charge is 0.0679 e. The molecule has 5 nitrogen and oxygen atoms in total. The first kappa shape index (κ1) is 16.9. The van der Waals surface area contributed by atoms with E-state index in [0.29, 0.717) is 0 Å². The van der Waals surface area contributed by atoms with Crippen molar-refractivity contribution in [1.82, 2.24) is 19.7 Å². The molecular formula is C21H24N4O. The molecule has 1 saturated heterocycles. The van der Waals surface area contributed by atoms with Crippen LogP contribution in [0.5, 0.6) is 0 Å². The highest BCUT2D eigenvalue weighted by Gasteiger charge is 2.35. The van der Waals surface area contributed by atoms with Crippen molar-refractivity contribution in [3.8, 4) is 5.69 Å². The molecule has 0 spiro atoms. The summed E-state index contributed by atoms with van der Waals surface area (Å²) in [5.41, 5.74) is 3.35. The number of hydrogen-bond acceptors (Lipinski definition) is 4. The fourth-order valence-corrected chi connectivity index (χ4v) is 3.87. The molecule has 3 aromatic rings. The molecule has 1 N–H and O–H groups in total. The second kappa shape index (κ2) is 7.40. The monoisotopic (exact) mass is 348 g/mol. The molecule has 2 aromatic heterocycles. The lowest BCUT2D eigenvalue weighted by Gasteiger charge is -2.41. The predicted molar refractivity (Wildman–Crippen MR) is 101 cm³/mol. The minimum Gasteiger partial charge on any atom is -0.395 e. The van der Waals surface area contributed by atoms with E-state index in [2.05, 4.69) is 45.3 Å². The van der Waals surface area contributed by atoms with Gasteiger partial charge in [-0.25, -0.2) is 4.68 Å². The number of aliphatic hydroxyl groups is 1. The summed E-state index contributed by atoms with van der Waals surface area (Å²) in [4.78, 5) is 6.53. The molecule has 1 aliphatic heterocycles. The molecule has 0 bridgehead atoms. The number of hydrogen-bond donors (Lipinski definition) is 1. The summed E-state index contributed by atoms with van der Waals surface area (Å²) in [6.45, 7) is 3.01. The molecule has 1 fully saturated rings. The molecular weight excluding hydrogens is 324 g/mol. The molecule has 0 amide bonds. The van der Waals surface area contributed by atoms with Crippen molar-refractivity contribution >= 4 is 0 Å². The van der Waals surface area contributed by atoms with Crippen molar-refractivity contribution in [2.24, 2.45) is 0 Å². The number of nitrogens with zero attached hydrogens (tertiary/aromatic N) is 4. The maximum atomic E-state index is 10.1. The minimum absolute atomic E-state index is 0.108. The van der Waals surface area contributed by atoms with Gasteiger partial charge in [0.05, 0.1) is 18.0 Å². The Morgan fingerprint density at radius 2 is 1.65 bits per heavy atom. The number of aliphatic hydroxyl groups excluding tert-OH is 1. The molecule has 0 unspecified atom stereocenters. The first-order valence-electron chi connectivity index (χ1n) is 9.13. The van der Waals surface area contributed by atoms with Gasteiger partial charge in [0.1, 0.15) is 0 Å². The molecule has 0 aliphatic carbocycles. The average Bonchev–Trinajstić information content (AvgIpc) is 3.18. The summed E-state index contributed by atoms with van der Waals surface area (Å²) in [5.74, 6) is 0. The van der Waals surface area contributed by atoms with E-state index in [1.54, 1.807) is 12.4 Å². The van der Waals surface area contributed by atoms with Crippen molar-refractivity contribution in [2.75, 3.05) is 19.7 Å². The summed E-state index contributed by atoms with van der Waals surface area (Å²) in [7, 11) is 0. The van der Waals surface area contributed by atoms with Crippen LogP contribution in [-0.2, 0) is 12.0 Å². The highest BCUT2D eigenvalue weighted by Crippen LogP contribution is 2.35. The zero-order valence-corrected chi connectivity index (χ0v) is 14.8. The van der Waals surface area contributed by atoms with Crippen LogP contribution in [0, 0.1) is 0 Å². The largest absolute Gasteiger partial charge is 0.395 e. The molecule has 134 valence electrons. The Hall–Kier alpha value is -2.50. The van der Waals surface area contributed by atoms with Gasteiger partial charge >= 0.3 is 0 Å². The van der Waals surface area contributed by atoms with E-state index in [0.717, 1.165) is 38.2 Å². The van der Waals surface area contributed by atoms with Crippen molar-refractivity contribution in [3.63, 3.8) is 0 Å². The SMILES string of the molecule is OCC1(c2ccccc2)CCN(Cc2ccnn2-c2ccncc2)CC1. The molecule has 0 saturated carbocycles. The van der Waals surface area contributed by atoms with Crippen molar-refractivity contribution in [1.29, 1.82) is 0 Å². The van der Waals surface area contributed by atoms with Crippen LogP contribution in [0.3, 0.4) is 0 Å². The highest BCUT2D eigenvalue weighted by atomic mass is 16.3. The van der Waals surface area contributed by atoms with Crippen LogP contribution in [0.1, 0.15) is 24.1 Å². The fourth-order valence-electron chi connectivity index (χ4n) is 3.87. The van der Waals surface area contributed by atoms with E-state index >= 15 is 0 Å². The van der Waals surface area contributed by atoms with Crippen LogP contribution >= 0.6 is 0 Å². The number of likely N-dealkylation sites (tertiary alicyclic amines) is 1. The number of piperidine rings is 1. The number of benzene rings is 1. The van der Waals surface area contributed by atoms with Gasteiger partial charge in [-0.05, 0) is 49.7 Å². The zero-order valence-electron chi connectivity index (χ0n) is 14.8. The quantitative estimate of drug-likeness (QED) is 0.770. The molecule has 1 aromatic carbocycles. The summed E-state index contributed by atoms with van der Waals surface area (Å²) in [6.07, 6.45) is 7.36. The van der Waals surface area contributed by atoms with Crippen LogP contribution in [0.2, 0.25) is 0 Å². The Kier molecular flexibility index (Phi) is 4.82. The lowest BCUT2D eigenvalue weighted by atomic mass is 9.73. The molecule has 3 heterocycles. The van der Waals surface area contributed by atoms with Crippen molar-refractivity contribution in [2.45, 2.75) is 24.8 Å². The fraction of sp³-hybridized carbons (Fsp3) is 0.333. The second-order valence-corrected chi connectivity index (χ2v) is 7.02. The average molecular weight is 348 g/mol. The summed E-state index contributed by atoms with van der Waals surface area (Å²) >= 11 is 0. The molecule has 0 radical (unpaired) electrons. The summed E-state index contributed by atoms with van der Waals surface area (Å²) < 4.78 is 1.98. The van der Waals surface area contributed by atoms with Crippen LogP contribution in [0.4, 0.5) is 0 Å². The van der Waals surface area contributed by atoms with E-state index in [9.17, 15) is 5.11 Å². The topological polar surface area (TPSA) is 54.2 Å². The third kappa shape index (κ3) is 3.28. The van der Waals surface area contributed by atoms with Gasteiger partial charge < -0.3 is 5.11 Å². The maximum absolute atomic E-state index is 10.1. The van der Waals surface area contributed by atoms with Gasteiger partial charge in [-0.1, -0.05) is 30.3 Å². The Bertz CT molecular complexity index is 823. The van der Waals surface area contributed by atoms with Crippen LogP contribution < -0.4 is 0 Å². The van der Waals surface area contributed by atoms with Crippen LogP contribution in [-0.4, -0.2) is 44.5 Å². The lowest BCUT2D eigenvalue weighted by molar-refractivity contribution is 0.0963. The molecule has 1 aliphatic rings. The Labute approximate surface area is 153 Å². The molecule has 26 heavy (non-hydrogen) atoms. The van der Waals surface area contributed by atoms with Crippen LogP contribution in [0.15, 0.2) is 67.1 Å². The Morgan fingerprint density at radius 1 is 0.923 bits per heavy atom. The third-order valence-electron chi connectivity index (χ3n) is 5.52. The lowest BCUT2D eigenvalue weighted by Crippen LogP contribution is -2.44. The normalized spacial score (nSPS) is 17.3. The second-order valence-electron chi connectivity index (χ2n) is 7.02. The molecule has 0 atom stereocenters. The van der Waals surface area contributed by atoms with Gasteiger partial charge in [-0.2, -0.15) is 5.10 Å². The minimum atomic E-state index is -0.108. The summed E-state index contributed by atoms with van der Waals surface area (Å²) in [5, 5.41) is 14.6. The number of pyridine rings is 1. The third-order valence-corrected chi connectivity index (χ3v) is 5.52. The van der Waals surface area contributed by atoms with Gasteiger partial charge in [0.25, 0.3) is 0 Å². The van der Waals surface area contributed by atoms with Crippen molar-refractivity contribution in [3.05, 3.63) is 78.4 Å². The van der Waals surface area contributed by atoms with Gasteiger partial charge in [0.2, 0.25) is 0 Å². The van der Waals surface area contributed by atoms with Crippen LogP contribution in [0.25, 0.3) is 5.69 Å². The van der Waals surface area contributed by atoms with Gasteiger partial charge in [-0.3, -0.25) is 9.88 Å². The first-order chi connectivity index (χ1) is 12.8. The highest BCUT2D eigenvalue weighted by molar-refractivity contribution is 5.30. The Balaban J connectivity index is 1.46. The van der Waals surface area contributed by atoms with E-state index in [4.69, 9.17) is 0 Å². The maximum Gasteiger partial charge on any atom is 0.0679 e. The summed E-state index contributed by atoms with van der Waals surface area (Å²) in [6, 6.07) is 16.5. The van der Waals surface area contributed by atoms with Gasteiger partial charge in [-0.15, -0.1) is 0 Å². The zero-order chi connectivity index (χ0) is 17.8. The Morgan fingerprint density at radius 3 is 2.35 bits per heavy atom. The first-order valence-corrected chi connectivity index (χ1v) is 9.13. The van der Waals surface area contributed by atoms with E-state index in [1.807, 2.05) is 29.1 Å². The molecule has 5 heteroatoms. The van der Waals surface area contributed by atoms with E-state index in [-0.39, 0.29) is 12.0 Å². The number of rotatable bonds is 5. The number of aromatic nitrogens is 3.